The summed E-state index contributed by atoms with van der Waals surface area (Å²) in [6, 6.07) is 0.573. The quantitative estimate of drug-likeness (QED) is 0.539. The van der Waals surface area contributed by atoms with Crippen molar-refractivity contribution in [3.05, 3.63) is 18.1 Å². The summed E-state index contributed by atoms with van der Waals surface area (Å²) >= 11 is 0. The Morgan fingerprint density at radius 1 is 1.47 bits per heavy atom. The molecule has 1 aliphatic rings. The second-order valence-corrected chi connectivity index (χ2v) is 5.08. The maximum absolute atomic E-state index is 5.28. The van der Waals surface area contributed by atoms with E-state index in [4.69, 9.17) is 10.6 Å². The number of anilines is 1. The molecular formula is C13H23N5O. The van der Waals surface area contributed by atoms with Crippen LogP contribution in [-0.4, -0.2) is 41.2 Å². The zero-order valence-corrected chi connectivity index (χ0v) is 11.7. The third kappa shape index (κ3) is 4.12. The van der Waals surface area contributed by atoms with E-state index in [2.05, 4.69) is 27.2 Å². The number of hydrazine groups is 1. The Kier molecular flexibility index (Phi) is 5.07. The topological polar surface area (TPSA) is 76.3 Å². The smallest absolute Gasteiger partial charge is 0.158 e. The van der Waals surface area contributed by atoms with Gasteiger partial charge in [-0.15, -0.1) is 0 Å². The Balaban J connectivity index is 1.96. The summed E-state index contributed by atoms with van der Waals surface area (Å²) in [5, 5.41) is 0. The molecule has 0 aliphatic heterocycles. The van der Waals surface area contributed by atoms with Crippen LogP contribution in [-0.2, 0) is 11.3 Å². The molecule has 0 spiro atoms. The van der Waals surface area contributed by atoms with Crippen LogP contribution >= 0.6 is 0 Å². The van der Waals surface area contributed by atoms with E-state index in [1.54, 1.807) is 19.5 Å². The highest BCUT2D eigenvalue weighted by molar-refractivity contribution is 5.28. The van der Waals surface area contributed by atoms with Crippen LogP contribution in [0.25, 0.3) is 0 Å². The lowest BCUT2D eigenvalue weighted by atomic mass is 10.1. The van der Waals surface area contributed by atoms with Crippen molar-refractivity contribution in [2.75, 3.05) is 25.7 Å². The van der Waals surface area contributed by atoms with Gasteiger partial charge in [0.15, 0.2) is 5.82 Å². The zero-order valence-electron chi connectivity index (χ0n) is 11.7. The Bertz CT molecular complexity index is 379. The maximum atomic E-state index is 5.28. The first kappa shape index (κ1) is 14.2. The van der Waals surface area contributed by atoms with E-state index >= 15 is 0 Å². The minimum Gasteiger partial charge on any atom is -0.383 e. The average Bonchev–Trinajstić information content (AvgIpc) is 3.28. The van der Waals surface area contributed by atoms with Gasteiger partial charge in [0, 0.05) is 26.2 Å². The van der Waals surface area contributed by atoms with E-state index in [-0.39, 0.29) is 0 Å². The van der Waals surface area contributed by atoms with Gasteiger partial charge in [0.1, 0.15) is 0 Å². The molecule has 1 heterocycles. The van der Waals surface area contributed by atoms with Crippen LogP contribution in [0, 0.1) is 5.92 Å². The van der Waals surface area contributed by atoms with E-state index in [1.165, 1.54) is 12.8 Å². The SMILES string of the molecule is COCCN(Cc1cnc(NN)cn1)C(C)C1CC1. The summed E-state index contributed by atoms with van der Waals surface area (Å²) < 4.78 is 5.19. The van der Waals surface area contributed by atoms with Crippen LogP contribution in [0.1, 0.15) is 25.5 Å². The van der Waals surface area contributed by atoms with E-state index in [1.807, 2.05) is 0 Å². The molecule has 1 fully saturated rings. The van der Waals surface area contributed by atoms with Crippen LogP contribution in [0.3, 0.4) is 0 Å². The van der Waals surface area contributed by atoms with E-state index in [0.717, 1.165) is 31.3 Å². The summed E-state index contributed by atoms with van der Waals surface area (Å²) in [6.07, 6.45) is 6.11. The highest BCUT2D eigenvalue weighted by Crippen LogP contribution is 2.35. The van der Waals surface area contributed by atoms with Gasteiger partial charge in [0.2, 0.25) is 0 Å². The van der Waals surface area contributed by atoms with Crippen LogP contribution < -0.4 is 11.3 Å². The van der Waals surface area contributed by atoms with E-state index in [0.29, 0.717) is 11.9 Å². The molecule has 1 unspecified atom stereocenters. The number of nitrogens with zero attached hydrogens (tertiary/aromatic N) is 3. The third-order valence-electron chi connectivity index (χ3n) is 3.68. The monoisotopic (exact) mass is 265 g/mol. The van der Waals surface area contributed by atoms with Gasteiger partial charge in [-0.25, -0.2) is 10.8 Å². The fourth-order valence-corrected chi connectivity index (χ4v) is 2.23. The highest BCUT2D eigenvalue weighted by atomic mass is 16.5. The molecule has 1 atom stereocenters. The number of nitrogen functional groups attached to an aromatic ring is 1. The number of methoxy groups -OCH3 is 1. The van der Waals surface area contributed by atoms with Crippen molar-refractivity contribution in [2.45, 2.75) is 32.4 Å². The first-order valence-corrected chi connectivity index (χ1v) is 6.75. The number of ether oxygens (including phenoxy) is 1. The maximum Gasteiger partial charge on any atom is 0.158 e. The molecular weight excluding hydrogens is 242 g/mol. The molecule has 6 heteroatoms. The van der Waals surface area contributed by atoms with Crippen molar-refractivity contribution in [1.82, 2.24) is 14.9 Å². The molecule has 0 amide bonds. The Morgan fingerprint density at radius 2 is 2.26 bits per heavy atom. The largest absolute Gasteiger partial charge is 0.383 e. The molecule has 2 rings (SSSR count). The average molecular weight is 265 g/mol. The zero-order chi connectivity index (χ0) is 13.7. The van der Waals surface area contributed by atoms with E-state index in [9.17, 15) is 0 Å². The molecule has 1 aromatic rings. The summed E-state index contributed by atoms with van der Waals surface area (Å²) in [4.78, 5) is 11.0. The number of nitrogens with one attached hydrogen (secondary N) is 1. The lowest BCUT2D eigenvalue weighted by Gasteiger charge is -2.28. The number of nitrogens with two attached hydrogens (primary N) is 1. The van der Waals surface area contributed by atoms with Crippen molar-refractivity contribution in [3.63, 3.8) is 0 Å². The van der Waals surface area contributed by atoms with Gasteiger partial charge in [0.25, 0.3) is 0 Å². The molecule has 0 aromatic carbocycles. The number of aromatic nitrogens is 2. The van der Waals surface area contributed by atoms with Gasteiger partial charge < -0.3 is 10.2 Å². The van der Waals surface area contributed by atoms with Crippen molar-refractivity contribution in [1.29, 1.82) is 0 Å². The Labute approximate surface area is 114 Å². The van der Waals surface area contributed by atoms with Crippen LogP contribution in [0.5, 0.6) is 0 Å². The minimum absolute atomic E-state index is 0.573. The standard InChI is InChI=1S/C13H23N5O/c1-10(11-3-4-11)18(5-6-19-2)9-12-7-16-13(17-14)8-15-12/h7-8,10-11H,3-6,9,14H2,1-2H3,(H,16,17). The predicted octanol–water partition coefficient (Wildman–Crippen LogP) is 1.01. The molecule has 3 N–H and O–H groups in total. The molecule has 1 aliphatic carbocycles. The Morgan fingerprint density at radius 3 is 2.79 bits per heavy atom. The van der Waals surface area contributed by atoms with Crippen LogP contribution in [0.15, 0.2) is 12.4 Å². The number of hydrogen-bond donors (Lipinski definition) is 2. The number of rotatable bonds is 8. The molecule has 106 valence electrons. The molecule has 0 saturated heterocycles. The van der Waals surface area contributed by atoms with Crippen LogP contribution in [0.4, 0.5) is 5.82 Å². The number of hydrogen-bond acceptors (Lipinski definition) is 6. The van der Waals surface area contributed by atoms with E-state index < -0.39 is 0 Å². The van der Waals surface area contributed by atoms with Gasteiger partial charge in [-0.2, -0.15) is 0 Å². The van der Waals surface area contributed by atoms with Crippen molar-refractivity contribution in [3.8, 4) is 0 Å². The lowest BCUT2D eigenvalue weighted by Crippen LogP contribution is -2.36. The molecule has 19 heavy (non-hydrogen) atoms. The van der Waals surface area contributed by atoms with Gasteiger partial charge >= 0.3 is 0 Å². The molecule has 6 nitrogen and oxygen atoms in total. The van der Waals surface area contributed by atoms with Gasteiger partial charge in [0.05, 0.1) is 24.7 Å². The van der Waals surface area contributed by atoms with Gasteiger partial charge in [-0.05, 0) is 25.7 Å². The fourth-order valence-electron chi connectivity index (χ4n) is 2.23. The first-order valence-electron chi connectivity index (χ1n) is 6.75. The molecule has 1 aromatic heterocycles. The lowest BCUT2D eigenvalue weighted by molar-refractivity contribution is 0.110. The van der Waals surface area contributed by atoms with Crippen molar-refractivity contribution < 1.29 is 4.74 Å². The second kappa shape index (κ2) is 6.79. The summed E-state index contributed by atoms with van der Waals surface area (Å²) in [5.74, 6) is 6.70. The van der Waals surface area contributed by atoms with Crippen molar-refractivity contribution in [2.24, 2.45) is 11.8 Å². The molecule has 0 radical (unpaired) electrons. The first-order chi connectivity index (χ1) is 9.24. The van der Waals surface area contributed by atoms with Crippen molar-refractivity contribution >= 4 is 5.82 Å². The fraction of sp³-hybridized carbons (Fsp3) is 0.692. The molecule has 0 bridgehead atoms. The van der Waals surface area contributed by atoms with Gasteiger partial charge in [-0.3, -0.25) is 9.88 Å². The molecule has 1 saturated carbocycles. The Hall–Kier alpha value is -1.24. The van der Waals surface area contributed by atoms with Gasteiger partial charge in [-0.1, -0.05) is 0 Å². The third-order valence-corrected chi connectivity index (χ3v) is 3.68. The van der Waals surface area contributed by atoms with Crippen LogP contribution in [0.2, 0.25) is 0 Å². The highest BCUT2D eigenvalue weighted by Gasteiger charge is 2.31. The predicted molar refractivity (Wildman–Crippen MR) is 74.3 cm³/mol. The normalized spacial score (nSPS) is 16.6. The summed E-state index contributed by atoms with van der Waals surface area (Å²) in [7, 11) is 1.74. The summed E-state index contributed by atoms with van der Waals surface area (Å²) in [5.41, 5.74) is 3.45. The second-order valence-electron chi connectivity index (χ2n) is 5.08. The summed E-state index contributed by atoms with van der Waals surface area (Å²) in [6.45, 7) is 4.76. The minimum atomic E-state index is 0.573.